The quantitative estimate of drug-likeness (QED) is 0.874. The molecule has 0 aliphatic carbocycles. The highest BCUT2D eigenvalue weighted by atomic mass is 19.2. The number of nitrogens with one attached hydrogen (secondary N) is 1. The van der Waals surface area contributed by atoms with Gasteiger partial charge in [0.25, 0.3) is 0 Å². The van der Waals surface area contributed by atoms with Gasteiger partial charge in [-0.05, 0) is 18.1 Å². The van der Waals surface area contributed by atoms with Crippen molar-refractivity contribution in [1.29, 1.82) is 0 Å². The molecule has 2 rings (SSSR count). The van der Waals surface area contributed by atoms with Crippen LogP contribution in [-0.2, 0) is 4.79 Å². The number of halogens is 2. The lowest BCUT2D eigenvalue weighted by Crippen LogP contribution is -2.33. The van der Waals surface area contributed by atoms with E-state index in [0.29, 0.717) is 6.54 Å². The largest absolute Gasteiger partial charge is 0.481 e. The van der Waals surface area contributed by atoms with E-state index < -0.39 is 29.6 Å². The molecule has 5 nitrogen and oxygen atoms in total. The number of carbonyl (C=O) groups excluding carboxylic acids is 1. The van der Waals surface area contributed by atoms with Crippen LogP contribution in [0.4, 0.5) is 19.3 Å². The topological polar surface area (TPSA) is 69.6 Å². The molecular formula is C13H14F2N2O3. The number of anilines is 1. The Labute approximate surface area is 114 Å². The van der Waals surface area contributed by atoms with E-state index in [1.807, 2.05) is 0 Å². The van der Waals surface area contributed by atoms with Gasteiger partial charge in [-0.2, -0.15) is 0 Å². The lowest BCUT2D eigenvalue weighted by Gasteiger charge is -2.16. The zero-order chi connectivity index (χ0) is 14.9. The summed E-state index contributed by atoms with van der Waals surface area (Å²) in [4.78, 5) is 24.3. The number of aliphatic carboxylic acids is 1. The lowest BCUT2D eigenvalue weighted by molar-refractivity contribution is -0.142. The summed E-state index contributed by atoms with van der Waals surface area (Å²) in [6.45, 7) is 2.17. The van der Waals surface area contributed by atoms with Gasteiger partial charge >= 0.3 is 12.0 Å². The summed E-state index contributed by atoms with van der Waals surface area (Å²) in [7, 11) is 0. The minimum absolute atomic E-state index is 0.103. The van der Waals surface area contributed by atoms with Gasteiger partial charge in [-0.25, -0.2) is 13.6 Å². The maximum Gasteiger partial charge on any atom is 0.321 e. The van der Waals surface area contributed by atoms with Crippen molar-refractivity contribution in [1.82, 2.24) is 4.90 Å². The zero-order valence-electron chi connectivity index (χ0n) is 10.8. The second-order valence-corrected chi connectivity index (χ2v) is 4.89. The summed E-state index contributed by atoms with van der Waals surface area (Å²) in [6.07, 6.45) is 0. The standard InChI is InChI=1S/C13H14F2N2O3/c1-7-5-17(6-9(7)12(18)19)13(20)16-8-2-3-10(14)11(15)4-8/h2-4,7,9H,5-6H2,1H3,(H,16,20)(H,18,19). The number of carbonyl (C=O) groups is 2. The number of benzene rings is 1. The predicted molar refractivity (Wildman–Crippen MR) is 67.2 cm³/mol. The number of hydrogen-bond donors (Lipinski definition) is 2. The Morgan fingerprint density at radius 1 is 1.30 bits per heavy atom. The molecule has 2 unspecified atom stereocenters. The fraction of sp³-hybridized carbons (Fsp3) is 0.385. The minimum atomic E-state index is -1.05. The molecule has 2 N–H and O–H groups in total. The molecular weight excluding hydrogens is 270 g/mol. The molecule has 1 aromatic rings. The fourth-order valence-electron chi connectivity index (χ4n) is 2.23. The Balaban J connectivity index is 2.02. The Morgan fingerprint density at radius 2 is 2.00 bits per heavy atom. The first-order valence-corrected chi connectivity index (χ1v) is 6.12. The van der Waals surface area contributed by atoms with Gasteiger partial charge in [0, 0.05) is 24.8 Å². The molecule has 1 aromatic carbocycles. The van der Waals surface area contributed by atoms with Gasteiger partial charge in [0.05, 0.1) is 5.92 Å². The molecule has 1 fully saturated rings. The third kappa shape index (κ3) is 2.87. The first-order chi connectivity index (χ1) is 9.38. The molecule has 7 heteroatoms. The molecule has 1 aliphatic heterocycles. The lowest BCUT2D eigenvalue weighted by atomic mass is 9.99. The predicted octanol–water partition coefficient (Wildman–Crippen LogP) is 2.15. The molecule has 20 heavy (non-hydrogen) atoms. The SMILES string of the molecule is CC1CN(C(=O)Nc2ccc(F)c(F)c2)CC1C(=O)O. The molecule has 0 aromatic heterocycles. The van der Waals surface area contributed by atoms with Gasteiger partial charge in [-0.15, -0.1) is 0 Å². The Hall–Kier alpha value is -2.18. The van der Waals surface area contributed by atoms with E-state index in [1.165, 1.54) is 11.0 Å². The highest BCUT2D eigenvalue weighted by Crippen LogP contribution is 2.24. The summed E-state index contributed by atoms with van der Waals surface area (Å²) in [5.74, 6) is -3.75. The van der Waals surface area contributed by atoms with E-state index in [2.05, 4.69) is 5.32 Å². The second-order valence-electron chi connectivity index (χ2n) is 4.89. The Morgan fingerprint density at radius 3 is 2.55 bits per heavy atom. The number of urea groups is 1. The molecule has 1 heterocycles. The van der Waals surface area contributed by atoms with Crippen molar-refractivity contribution in [3.63, 3.8) is 0 Å². The van der Waals surface area contributed by atoms with Crippen LogP contribution in [0.2, 0.25) is 0 Å². The molecule has 1 aliphatic rings. The third-order valence-corrected chi connectivity index (χ3v) is 3.39. The maximum absolute atomic E-state index is 13.0. The van der Waals surface area contributed by atoms with Crippen molar-refractivity contribution in [3.8, 4) is 0 Å². The normalized spacial score (nSPS) is 21.9. The van der Waals surface area contributed by atoms with Crippen molar-refractivity contribution < 1.29 is 23.5 Å². The van der Waals surface area contributed by atoms with Crippen LogP contribution in [0.5, 0.6) is 0 Å². The molecule has 108 valence electrons. The summed E-state index contributed by atoms with van der Waals surface area (Å²) in [6, 6.07) is 2.51. The van der Waals surface area contributed by atoms with Crippen LogP contribution in [0.25, 0.3) is 0 Å². The molecule has 2 amide bonds. The van der Waals surface area contributed by atoms with Crippen LogP contribution in [-0.4, -0.2) is 35.1 Å². The van der Waals surface area contributed by atoms with Gasteiger partial charge < -0.3 is 15.3 Å². The number of rotatable bonds is 2. The number of likely N-dealkylation sites (tertiary alicyclic amines) is 1. The fourth-order valence-corrected chi connectivity index (χ4v) is 2.23. The van der Waals surface area contributed by atoms with Crippen LogP contribution >= 0.6 is 0 Å². The smallest absolute Gasteiger partial charge is 0.321 e. The van der Waals surface area contributed by atoms with Crippen molar-refractivity contribution >= 4 is 17.7 Å². The van der Waals surface area contributed by atoms with Gasteiger partial charge in [0.15, 0.2) is 11.6 Å². The molecule has 1 saturated heterocycles. The van der Waals surface area contributed by atoms with Crippen molar-refractivity contribution in [2.45, 2.75) is 6.92 Å². The van der Waals surface area contributed by atoms with Gasteiger partial charge in [0.2, 0.25) is 0 Å². The summed E-state index contributed by atoms with van der Waals surface area (Å²) in [5, 5.41) is 11.4. The first kappa shape index (κ1) is 14.2. The van der Waals surface area contributed by atoms with E-state index >= 15 is 0 Å². The van der Waals surface area contributed by atoms with Crippen LogP contribution in [0.3, 0.4) is 0 Å². The third-order valence-electron chi connectivity index (χ3n) is 3.39. The highest BCUT2D eigenvalue weighted by molar-refractivity contribution is 5.90. The summed E-state index contributed by atoms with van der Waals surface area (Å²) in [5.41, 5.74) is 0.125. The monoisotopic (exact) mass is 284 g/mol. The number of hydrogen-bond acceptors (Lipinski definition) is 2. The van der Waals surface area contributed by atoms with Crippen LogP contribution in [0.1, 0.15) is 6.92 Å². The van der Waals surface area contributed by atoms with E-state index in [0.717, 1.165) is 12.1 Å². The van der Waals surface area contributed by atoms with Crippen LogP contribution in [0, 0.1) is 23.5 Å². The first-order valence-electron chi connectivity index (χ1n) is 6.12. The zero-order valence-corrected chi connectivity index (χ0v) is 10.8. The molecule has 0 bridgehead atoms. The molecule has 0 radical (unpaired) electrons. The van der Waals surface area contributed by atoms with Gasteiger partial charge in [-0.3, -0.25) is 4.79 Å². The molecule has 2 atom stereocenters. The van der Waals surface area contributed by atoms with Crippen LogP contribution < -0.4 is 5.32 Å². The van der Waals surface area contributed by atoms with Crippen LogP contribution in [0.15, 0.2) is 18.2 Å². The van der Waals surface area contributed by atoms with Crippen molar-refractivity contribution in [2.75, 3.05) is 18.4 Å². The van der Waals surface area contributed by atoms with E-state index in [-0.39, 0.29) is 18.2 Å². The number of amides is 2. The second kappa shape index (κ2) is 5.44. The van der Waals surface area contributed by atoms with Crippen molar-refractivity contribution in [2.24, 2.45) is 11.8 Å². The average molecular weight is 284 g/mol. The van der Waals surface area contributed by atoms with E-state index in [9.17, 15) is 18.4 Å². The minimum Gasteiger partial charge on any atom is -0.481 e. The Kier molecular flexibility index (Phi) is 3.87. The number of nitrogens with zero attached hydrogens (tertiary/aromatic N) is 1. The van der Waals surface area contributed by atoms with E-state index in [4.69, 9.17) is 5.11 Å². The highest BCUT2D eigenvalue weighted by Gasteiger charge is 2.36. The molecule has 0 saturated carbocycles. The summed E-state index contributed by atoms with van der Waals surface area (Å²) < 4.78 is 25.8. The van der Waals surface area contributed by atoms with Crippen molar-refractivity contribution in [3.05, 3.63) is 29.8 Å². The molecule has 0 spiro atoms. The summed E-state index contributed by atoms with van der Waals surface area (Å²) >= 11 is 0. The average Bonchev–Trinajstić information content (AvgIpc) is 2.76. The van der Waals surface area contributed by atoms with Gasteiger partial charge in [0.1, 0.15) is 0 Å². The van der Waals surface area contributed by atoms with E-state index in [1.54, 1.807) is 6.92 Å². The Bertz CT molecular complexity index is 550. The number of carboxylic acid groups (broad SMARTS) is 1. The van der Waals surface area contributed by atoms with Gasteiger partial charge in [-0.1, -0.05) is 6.92 Å². The maximum atomic E-state index is 13.0. The number of carboxylic acids is 1.